The molecule has 0 amide bonds. The molecule has 0 fully saturated rings. The van der Waals surface area contributed by atoms with Crippen LogP contribution in [0.2, 0.25) is 0 Å². The molecule has 0 radical (unpaired) electrons. The second-order valence-corrected chi connectivity index (χ2v) is 8.66. The van der Waals surface area contributed by atoms with Crippen molar-refractivity contribution in [2.45, 2.75) is 19.9 Å². The molecule has 0 N–H and O–H groups in total. The van der Waals surface area contributed by atoms with Crippen LogP contribution in [0.4, 0.5) is 11.4 Å². The van der Waals surface area contributed by atoms with Gasteiger partial charge in [-0.15, -0.1) is 0 Å². The van der Waals surface area contributed by atoms with E-state index in [1.807, 2.05) is 79.2 Å². The largest absolute Gasteiger partial charge is 0.345 e. The van der Waals surface area contributed by atoms with Gasteiger partial charge in [0.25, 0.3) is 5.56 Å². The topological polar surface area (TPSA) is 38.1 Å². The Hall–Kier alpha value is -4.18. The highest BCUT2D eigenvalue weighted by atomic mass is 16.1. The van der Waals surface area contributed by atoms with Gasteiger partial charge in [0.05, 0.1) is 16.9 Å². The van der Waals surface area contributed by atoms with Crippen molar-refractivity contribution in [1.82, 2.24) is 9.55 Å². The molecule has 4 heteroatoms. The molecule has 168 valence electrons. The van der Waals surface area contributed by atoms with Crippen molar-refractivity contribution in [1.29, 1.82) is 0 Å². The summed E-state index contributed by atoms with van der Waals surface area (Å²) in [6.07, 6.45) is 0. The Morgan fingerprint density at radius 3 is 1.97 bits per heavy atom. The molecule has 0 aliphatic heterocycles. The Morgan fingerprint density at radius 2 is 1.35 bits per heavy atom. The van der Waals surface area contributed by atoms with Gasteiger partial charge in [-0.2, -0.15) is 0 Å². The minimum absolute atomic E-state index is 0.0419. The first-order valence-electron chi connectivity index (χ1n) is 11.5. The minimum Gasteiger partial charge on any atom is -0.345 e. The molecule has 0 atom stereocenters. The average Bonchev–Trinajstić information content (AvgIpc) is 2.87. The smallest absolute Gasteiger partial charge is 0.262 e. The molecule has 5 rings (SSSR count). The monoisotopic (exact) mass is 445 g/mol. The number of aromatic nitrogens is 2. The van der Waals surface area contributed by atoms with Crippen molar-refractivity contribution in [2.75, 3.05) is 11.9 Å². The van der Waals surface area contributed by atoms with Gasteiger partial charge in [0.2, 0.25) is 0 Å². The maximum absolute atomic E-state index is 14.0. The van der Waals surface area contributed by atoms with E-state index in [1.54, 1.807) is 0 Å². The maximum atomic E-state index is 14.0. The third-order valence-corrected chi connectivity index (χ3v) is 6.33. The zero-order chi connectivity index (χ0) is 23.7. The van der Waals surface area contributed by atoms with Crippen LogP contribution in [0.3, 0.4) is 0 Å². The summed E-state index contributed by atoms with van der Waals surface area (Å²) in [4.78, 5) is 20.9. The van der Waals surface area contributed by atoms with E-state index in [0.717, 1.165) is 22.5 Å². The second kappa shape index (κ2) is 8.99. The highest BCUT2D eigenvalue weighted by Gasteiger charge is 2.21. The lowest BCUT2D eigenvalue weighted by Gasteiger charge is -2.24. The lowest BCUT2D eigenvalue weighted by Crippen LogP contribution is -2.29. The van der Waals surface area contributed by atoms with Crippen molar-refractivity contribution in [3.63, 3.8) is 0 Å². The van der Waals surface area contributed by atoms with Crippen molar-refractivity contribution < 1.29 is 0 Å². The third-order valence-electron chi connectivity index (χ3n) is 6.33. The molecular weight excluding hydrogens is 418 g/mol. The van der Waals surface area contributed by atoms with E-state index in [2.05, 4.69) is 54.3 Å². The number of fused-ring (bicyclic) bond motifs is 1. The van der Waals surface area contributed by atoms with E-state index >= 15 is 0 Å². The first-order valence-corrected chi connectivity index (χ1v) is 11.5. The first kappa shape index (κ1) is 21.7. The Kier molecular flexibility index (Phi) is 5.72. The average molecular weight is 446 g/mol. The molecule has 0 bridgehead atoms. The van der Waals surface area contributed by atoms with Gasteiger partial charge in [0.1, 0.15) is 5.82 Å². The van der Waals surface area contributed by atoms with E-state index < -0.39 is 0 Å². The molecule has 0 unspecified atom stereocenters. The summed E-state index contributed by atoms with van der Waals surface area (Å²) < 4.78 is 1.82. The van der Waals surface area contributed by atoms with E-state index in [4.69, 9.17) is 4.98 Å². The summed E-state index contributed by atoms with van der Waals surface area (Å²) >= 11 is 0. The van der Waals surface area contributed by atoms with Gasteiger partial charge >= 0.3 is 0 Å². The summed E-state index contributed by atoms with van der Waals surface area (Å²) in [6, 6.07) is 34.3. The van der Waals surface area contributed by atoms with Gasteiger partial charge in [-0.1, -0.05) is 72.8 Å². The normalized spacial score (nSPS) is 11.2. The van der Waals surface area contributed by atoms with E-state index in [0.29, 0.717) is 16.7 Å². The van der Waals surface area contributed by atoms with Gasteiger partial charge < -0.3 is 4.90 Å². The molecule has 34 heavy (non-hydrogen) atoms. The van der Waals surface area contributed by atoms with Crippen molar-refractivity contribution in [3.8, 4) is 0 Å². The Balaban J connectivity index is 1.70. The van der Waals surface area contributed by atoms with Gasteiger partial charge in [-0.3, -0.25) is 9.36 Å². The number of rotatable bonds is 5. The number of hydrogen-bond acceptors (Lipinski definition) is 3. The number of benzene rings is 4. The molecule has 5 aromatic rings. The minimum atomic E-state index is -0.259. The highest BCUT2D eigenvalue weighted by Crippen LogP contribution is 2.29. The molecule has 0 spiro atoms. The Morgan fingerprint density at radius 1 is 0.735 bits per heavy atom. The van der Waals surface area contributed by atoms with Crippen LogP contribution < -0.4 is 10.5 Å². The van der Waals surface area contributed by atoms with Crippen LogP contribution in [-0.4, -0.2) is 16.6 Å². The maximum Gasteiger partial charge on any atom is 0.262 e. The van der Waals surface area contributed by atoms with Crippen LogP contribution in [0.15, 0.2) is 108 Å². The second-order valence-electron chi connectivity index (χ2n) is 8.66. The number of nitrogens with zero attached hydrogens (tertiary/aromatic N) is 3. The van der Waals surface area contributed by atoms with Gasteiger partial charge in [-0.25, -0.2) is 4.98 Å². The third kappa shape index (κ3) is 3.99. The molecule has 0 aliphatic rings. The lowest BCUT2D eigenvalue weighted by molar-refractivity contribution is 0.620. The van der Waals surface area contributed by atoms with E-state index in [9.17, 15) is 4.79 Å². The zero-order valence-electron chi connectivity index (χ0n) is 19.6. The van der Waals surface area contributed by atoms with Crippen molar-refractivity contribution in [2.24, 2.45) is 0 Å². The SMILES string of the molecule is Cc1cccc(N(C)c2ccc3nc(C)n(C(c4ccccc4)c4ccccc4)c(=O)c3c2)c1. The van der Waals surface area contributed by atoms with Crippen LogP contribution in [-0.2, 0) is 0 Å². The zero-order valence-corrected chi connectivity index (χ0v) is 19.6. The summed E-state index contributed by atoms with van der Waals surface area (Å²) in [5.41, 5.74) is 5.98. The van der Waals surface area contributed by atoms with Crippen molar-refractivity contribution >= 4 is 22.3 Å². The van der Waals surface area contributed by atoms with Crippen LogP contribution in [0.5, 0.6) is 0 Å². The fourth-order valence-electron chi connectivity index (χ4n) is 4.56. The van der Waals surface area contributed by atoms with Gasteiger partial charge in [0.15, 0.2) is 0 Å². The predicted octanol–water partition coefficient (Wildman–Crippen LogP) is 6.42. The molecule has 0 saturated heterocycles. The first-order chi connectivity index (χ1) is 16.5. The van der Waals surface area contributed by atoms with E-state index in [-0.39, 0.29) is 11.6 Å². The molecule has 0 aliphatic carbocycles. The van der Waals surface area contributed by atoms with Crippen LogP contribution in [0.25, 0.3) is 10.9 Å². The summed E-state index contributed by atoms with van der Waals surface area (Å²) in [7, 11) is 2.02. The van der Waals surface area contributed by atoms with E-state index in [1.165, 1.54) is 5.56 Å². The Bertz CT molecular complexity index is 1470. The van der Waals surface area contributed by atoms with Crippen LogP contribution in [0, 0.1) is 13.8 Å². The molecule has 0 saturated carbocycles. The Labute approximate surface area is 199 Å². The number of hydrogen-bond donors (Lipinski definition) is 0. The van der Waals surface area contributed by atoms with Crippen LogP contribution in [0.1, 0.15) is 28.6 Å². The standard InChI is InChI=1S/C30H27N3O/c1-21-11-10-16-25(19-21)32(3)26-17-18-28-27(20-26)30(34)33(22(2)31-28)29(23-12-6-4-7-13-23)24-14-8-5-9-15-24/h4-20,29H,1-3H3. The molecule has 1 heterocycles. The fraction of sp³-hybridized carbons (Fsp3) is 0.133. The molecular formula is C30H27N3O. The molecule has 4 nitrogen and oxygen atoms in total. The molecule has 4 aromatic carbocycles. The predicted molar refractivity (Wildman–Crippen MR) is 140 cm³/mol. The van der Waals surface area contributed by atoms with Crippen LogP contribution >= 0.6 is 0 Å². The van der Waals surface area contributed by atoms with Gasteiger partial charge in [-0.05, 0) is 60.9 Å². The number of aryl methyl sites for hydroxylation is 2. The summed E-state index contributed by atoms with van der Waals surface area (Å²) in [6.45, 7) is 3.99. The van der Waals surface area contributed by atoms with Crippen molar-refractivity contribution in [3.05, 3.63) is 136 Å². The van der Waals surface area contributed by atoms with Gasteiger partial charge in [0, 0.05) is 18.4 Å². The fourth-order valence-corrected chi connectivity index (χ4v) is 4.56. The highest BCUT2D eigenvalue weighted by molar-refractivity contribution is 5.83. The number of anilines is 2. The summed E-state index contributed by atoms with van der Waals surface area (Å²) in [5, 5.41) is 0.611. The quantitative estimate of drug-likeness (QED) is 0.313. The summed E-state index contributed by atoms with van der Waals surface area (Å²) in [5.74, 6) is 0.690. The lowest BCUT2D eigenvalue weighted by atomic mass is 9.98. The molecule has 1 aromatic heterocycles.